The summed E-state index contributed by atoms with van der Waals surface area (Å²) in [6.07, 6.45) is -1.47. The Morgan fingerprint density at radius 1 is 1.39 bits per heavy atom. The Bertz CT molecular complexity index is 405. The molecule has 1 aromatic rings. The normalized spacial score (nSPS) is 23.4. The van der Waals surface area contributed by atoms with E-state index in [0.717, 1.165) is 0 Å². The van der Waals surface area contributed by atoms with Gasteiger partial charge in [0.05, 0.1) is 12.2 Å². The second kappa shape index (κ2) is 5.47. The van der Waals surface area contributed by atoms with Crippen LogP contribution in [0.4, 0.5) is 11.6 Å². The predicted molar refractivity (Wildman–Crippen MR) is 66.5 cm³/mol. The number of ether oxygens (including phenoxy) is 1. The van der Waals surface area contributed by atoms with Gasteiger partial charge in [-0.1, -0.05) is 0 Å². The standard InChI is InChI=1S/C11H18N4O3/c1-12-9-3-11(14-10(13-9)6-18-2)15-4-7(16)8(17)5-15/h3,7-8,16-17H,4-6H2,1-2H3,(H,12,13,14). The molecule has 1 aromatic heterocycles. The van der Waals surface area contributed by atoms with Crippen molar-refractivity contribution in [3.05, 3.63) is 11.9 Å². The molecule has 18 heavy (non-hydrogen) atoms. The van der Waals surface area contributed by atoms with Crippen LogP contribution >= 0.6 is 0 Å². The molecule has 7 nitrogen and oxygen atoms in total. The van der Waals surface area contributed by atoms with Crippen LogP contribution in [0.3, 0.4) is 0 Å². The van der Waals surface area contributed by atoms with Crippen LogP contribution in [0.25, 0.3) is 0 Å². The fraction of sp³-hybridized carbons (Fsp3) is 0.636. The summed E-state index contributed by atoms with van der Waals surface area (Å²) in [5.41, 5.74) is 0. The number of methoxy groups -OCH3 is 1. The number of nitrogens with one attached hydrogen (secondary N) is 1. The molecule has 7 heteroatoms. The molecule has 1 saturated heterocycles. The number of aromatic nitrogens is 2. The van der Waals surface area contributed by atoms with Gasteiger partial charge in [-0.3, -0.25) is 0 Å². The van der Waals surface area contributed by atoms with Gasteiger partial charge >= 0.3 is 0 Å². The lowest BCUT2D eigenvalue weighted by Gasteiger charge is -2.18. The summed E-state index contributed by atoms with van der Waals surface area (Å²) in [6.45, 7) is 1.06. The molecule has 0 spiro atoms. The zero-order valence-corrected chi connectivity index (χ0v) is 10.5. The summed E-state index contributed by atoms with van der Waals surface area (Å²) < 4.78 is 5.02. The molecule has 3 N–H and O–H groups in total. The number of nitrogens with zero attached hydrogens (tertiary/aromatic N) is 3. The predicted octanol–water partition coefficient (Wildman–Crippen LogP) is -0.794. The number of hydrogen-bond donors (Lipinski definition) is 3. The Labute approximate surface area is 105 Å². The highest BCUT2D eigenvalue weighted by molar-refractivity contribution is 5.50. The van der Waals surface area contributed by atoms with E-state index in [2.05, 4.69) is 15.3 Å². The van der Waals surface area contributed by atoms with Crippen molar-refractivity contribution in [1.29, 1.82) is 0 Å². The Hall–Kier alpha value is -1.44. The maximum Gasteiger partial charge on any atom is 0.158 e. The van der Waals surface area contributed by atoms with Gasteiger partial charge in [-0.05, 0) is 0 Å². The summed E-state index contributed by atoms with van der Waals surface area (Å²) >= 11 is 0. The van der Waals surface area contributed by atoms with Crippen molar-refractivity contribution in [1.82, 2.24) is 9.97 Å². The Morgan fingerprint density at radius 2 is 2.06 bits per heavy atom. The summed E-state index contributed by atoms with van der Waals surface area (Å²) in [6, 6.07) is 1.78. The third-order valence-electron chi connectivity index (χ3n) is 2.87. The SMILES string of the molecule is CNc1cc(N2CC(O)C(O)C2)nc(COC)n1. The van der Waals surface area contributed by atoms with E-state index in [0.29, 0.717) is 37.2 Å². The fourth-order valence-electron chi connectivity index (χ4n) is 1.92. The van der Waals surface area contributed by atoms with Gasteiger partial charge in [-0.25, -0.2) is 9.97 Å². The van der Waals surface area contributed by atoms with Crippen molar-refractivity contribution >= 4 is 11.6 Å². The first kappa shape index (κ1) is 13.0. The minimum atomic E-state index is -0.733. The van der Waals surface area contributed by atoms with E-state index in [4.69, 9.17) is 4.74 Å². The van der Waals surface area contributed by atoms with Gasteiger partial charge in [0.1, 0.15) is 18.2 Å². The maximum absolute atomic E-state index is 9.55. The molecule has 2 heterocycles. The lowest BCUT2D eigenvalue weighted by Crippen LogP contribution is -2.23. The molecular formula is C11H18N4O3. The summed E-state index contributed by atoms with van der Waals surface area (Å²) in [7, 11) is 3.36. The minimum absolute atomic E-state index is 0.321. The van der Waals surface area contributed by atoms with E-state index in [1.165, 1.54) is 0 Å². The molecule has 1 fully saturated rings. The molecule has 0 bridgehead atoms. The van der Waals surface area contributed by atoms with Crippen LogP contribution in [0.15, 0.2) is 6.07 Å². The largest absolute Gasteiger partial charge is 0.389 e. The van der Waals surface area contributed by atoms with Crippen LogP contribution in [-0.4, -0.2) is 59.6 Å². The molecule has 0 saturated carbocycles. The molecule has 1 aliphatic rings. The lowest BCUT2D eigenvalue weighted by molar-refractivity contribution is 0.0572. The average Bonchev–Trinajstić information content (AvgIpc) is 2.70. The minimum Gasteiger partial charge on any atom is -0.389 e. The Morgan fingerprint density at radius 3 is 2.61 bits per heavy atom. The van der Waals surface area contributed by atoms with Crippen molar-refractivity contribution in [2.75, 3.05) is 37.5 Å². The quantitative estimate of drug-likeness (QED) is 0.648. The first-order valence-corrected chi connectivity index (χ1v) is 5.79. The smallest absolute Gasteiger partial charge is 0.158 e. The van der Waals surface area contributed by atoms with Gasteiger partial charge < -0.3 is 25.2 Å². The highest BCUT2D eigenvalue weighted by atomic mass is 16.5. The second-order valence-corrected chi connectivity index (χ2v) is 4.25. The van der Waals surface area contributed by atoms with Gasteiger partial charge in [0.25, 0.3) is 0 Å². The van der Waals surface area contributed by atoms with Crippen LogP contribution in [0.2, 0.25) is 0 Å². The van der Waals surface area contributed by atoms with Crippen LogP contribution in [-0.2, 0) is 11.3 Å². The fourth-order valence-corrected chi connectivity index (χ4v) is 1.92. The van der Waals surface area contributed by atoms with Gasteiger partial charge in [-0.2, -0.15) is 0 Å². The van der Waals surface area contributed by atoms with Gasteiger partial charge in [0.2, 0.25) is 0 Å². The van der Waals surface area contributed by atoms with E-state index in [-0.39, 0.29) is 0 Å². The van der Waals surface area contributed by atoms with Crippen LogP contribution < -0.4 is 10.2 Å². The lowest BCUT2D eigenvalue weighted by atomic mass is 10.3. The Balaban J connectivity index is 2.24. The van der Waals surface area contributed by atoms with Crippen molar-refractivity contribution in [2.45, 2.75) is 18.8 Å². The van der Waals surface area contributed by atoms with E-state index >= 15 is 0 Å². The van der Waals surface area contributed by atoms with E-state index in [9.17, 15) is 10.2 Å². The van der Waals surface area contributed by atoms with Gasteiger partial charge in [0, 0.05) is 33.3 Å². The highest BCUT2D eigenvalue weighted by Gasteiger charge is 2.30. The molecule has 2 atom stereocenters. The topological polar surface area (TPSA) is 90.7 Å². The molecule has 100 valence electrons. The first-order valence-electron chi connectivity index (χ1n) is 5.79. The number of rotatable bonds is 4. The van der Waals surface area contributed by atoms with Crippen molar-refractivity contribution in [2.24, 2.45) is 0 Å². The van der Waals surface area contributed by atoms with Crippen LogP contribution in [0, 0.1) is 0 Å². The molecular weight excluding hydrogens is 236 g/mol. The zero-order chi connectivity index (χ0) is 13.1. The third kappa shape index (κ3) is 2.69. The maximum atomic E-state index is 9.55. The second-order valence-electron chi connectivity index (χ2n) is 4.25. The molecule has 0 amide bonds. The molecule has 2 rings (SSSR count). The number of anilines is 2. The van der Waals surface area contributed by atoms with Crippen molar-refractivity contribution in [3.8, 4) is 0 Å². The molecule has 0 aromatic carbocycles. The molecule has 0 aliphatic carbocycles. The van der Waals surface area contributed by atoms with E-state index in [1.807, 2.05) is 4.90 Å². The number of aliphatic hydroxyl groups excluding tert-OH is 2. The molecule has 2 unspecified atom stereocenters. The number of hydrogen-bond acceptors (Lipinski definition) is 7. The van der Waals surface area contributed by atoms with Crippen LogP contribution in [0.5, 0.6) is 0 Å². The summed E-state index contributed by atoms with van der Waals surface area (Å²) in [5, 5.41) is 22.1. The van der Waals surface area contributed by atoms with Crippen molar-refractivity contribution < 1.29 is 14.9 Å². The van der Waals surface area contributed by atoms with Crippen LogP contribution in [0.1, 0.15) is 5.82 Å². The van der Waals surface area contributed by atoms with E-state index in [1.54, 1.807) is 20.2 Å². The summed E-state index contributed by atoms with van der Waals surface area (Å²) in [4.78, 5) is 10.4. The van der Waals surface area contributed by atoms with E-state index < -0.39 is 12.2 Å². The zero-order valence-electron chi connectivity index (χ0n) is 10.5. The van der Waals surface area contributed by atoms with Crippen molar-refractivity contribution in [3.63, 3.8) is 0 Å². The first-order chi connectivity index (χ1) is 8.63. The van der Waals surface area contributed by atoms with Gasteiger partial charge in [0.15, 0.2) is 5.82 Å². The highest BCUT2D eigenvalue weighted by Crippen LogP contribution is 2.21. The number of β-amino-alcohol motifs (C(OH)–C–C–N with tert-alkyl or cyclic N) is 2. The Kier molecular flexibility index (Phi) is 3.95. The molecule has 0 radical (unpaired) electrons. The molecule has 1 aliphatic heterocycles. The number of aliphatic hydroxyl groups is 2. The monoisotopic (exact) mass is 254 g/mol. The summed E-state index contributed by atoms with van der Waals surface area (Å²) in [5.74, 6) is 1.93. The third-order valence-corrected chi connectivity index (χ3v) is 2.87. The average molecular weight is 254 g/mol. The van der Waals surface area contributed by atoms with Gasteiger partial charge in [-0.15, -0.1) is 0 Å².